The van der Waals surface area contributed by atoms with Crippen LogP contribution < -0.4 is 5.32 Å². The number of amides is 2. The molecule has 2 rings (SSSR count). The van der Waals surface area contributed by atoms with Gasteiger partial charge in [-0.1, -0.05) is 19.9 Å². The molecular formula is C15H22N2O4S2. The van der Waals surface area contributed by atoms with Crippen molar-refractivity contribution < 1.29 is 18.0 Å². The van der Waals surface area contributed by atoms with E-state index < -0.39 is 15.9 Å². The maximum Gasteiger partial charge on any atom is 0.261 e. The van der Waals surface area contributed by atoms with Gasteiger partial charge >= 0.3 is 0 Å². The average Bonchev–Trinajstić information content (AvgIpc) is 2.99. The molecule has 2 amide bonds. The monoisotopic (exact) mass is 358 g/mol. The molecule has 0 bridgehead atoms. The number of nitrogens with zero attached hydrogens (tertiary/aromatic N) is 1. The quantitative estimate of drug-likeness (QED) is 0.856. The zero-order valence-electron chi connectivity index (χ0n) is 13.3. The van der Waals surface area contributed by atoms with E-state index in [-0.39, 0.29) is 42.3 Å². The minimum Gasteiger partial charge on any atom is -0.340 e. The van der Waals surface area contributed by atoms with Gasteiger partial charge in [0.2, 0.25) is 5.91 Å². The number of rotatable bonds is 5. The van der Waals surface area contributed by atoms with Crippen molar-refractivity contribution >= 4 is 33.0 Å². The number of carbonyl (C=O) groups is 2. The Morgan fingerprint density at radius 3 is 2.48 bits per heavy atom. The fraction of sp³-hybridized carbons (Fsp3) is 0.600. The Hall–Kier alpha value is -1.41. The summed E-state index contributed by atoms with van der Waals surface area (Å²) in [7, 11) is -3.04. The standard InChI is InChI=1S/C15H22N2O4S2/c1-11(2)10-12(16-14(18)13-4-3-7-22-13)15(19)17-5-8-23(20,21)9-6-17/h3-4,7,11-12H,5-6,8-10H2,1-2H3,(H,16,18). The molecule has 0 spiro atoms. The van der Waals surface area contributed by atoms with E-state index in [0.29, 0.717) is 11.3 Å². The minimum atomic E-state index is -3.04. The van der Waals surface area contributed by atoms with Gasteiger partial charge in [-0.25, -0.2) is 8.42 Å². The maximum atomic E-state index is 12.7. The van der Waals surface area contributed by atoms with E-state index in [1.807, 2.05) is 19.2 Å². The highest BCUT2D eigenvalue weighted by Gasteiger charge is 2.31. The van der Waals surface area contributed by atoms with Crippen LogP contribution in [0.1, 0.15) is 29.9 Å². The highest BCUT2D eigenvalue weighted by Crippen LogP contribution is 2.14. The summed E-state index contributed by atoms with van der Waals surface area (Å²) in [5, 5.41) is 4.61. The molecule has 1 saturated heterocycles. The smallest absolute Gasteiger partial charge is 0.261 e. The lowest BCUT2D eigenvalue weighted by Gasteiger charge is -2.31. The Morgan fingerprint density at radius 1 is 1.30 bits per heavy atom. The van der Waals surface area contributed by atoms with E-state index in [1.165, 1.54) is 11.3 Å². The molecule has 1 aromatic heterocycles. The molecule has 0 aromatic carbocycles. The van der Waals surface area contributed by atoms with Crippen molar-refractivity contribution in [2.24, 2.45) is 5.92 Å². The minimum absolute atomic E-state index is 0.00793. The maximum absolute atomic E-state index is 12.7. The highest BCUT2D eigenvalue weighted by molar-refractivity contribution is 7.91. The lowest BCUT2D eigenvalue weighted by molar-refractivity contribution is -0.133. The van der Waals surface area contributed by atoms with Gasteiger partial charge in [0.25, 0.3) is 5.91 Å². The molecule has 0 saturated carbocycles. The van der Waals surface area contributed by atoms with Crippen molar-refractivity contribution in [3.8, 4) is 0 Å². The Bertz CT molecular complexity index is 639. The molecular weight excluding hydrogens is 336 g/mol. The molecule has 128 valence electrons. The van der Waals surface area contributed by atoms with Crippen molar-refractivity contribution in [3.63, 3.8) is 0 Å². The van der Waals surface area contributed by atoms with Crippen LogP contribution in [-0.4, -0.2) is 55.8 Å². The fourth-order valence-corrected chi connectivity index (χ4v) is 4.31. The number of carbonyl (C=O) groups excluding carboxylic acids is 2. The van der Waals surface area contributed by atoms with Crippen LogP contribution in [-0.2, 0) is 14.6 Å². The summed E-state index contributed by atoms with van der Waals surface area (Å²) in [4.78, 5) is 27.0. The third kappa shape index (κ3) is 5.04. The lowest BCUT2D eigenvalue weighted by Crippen LogP contribution is -2.53. The SMILES string of the molecule is CC(C)CC(NC(=O)c1cccs1)C(=O)N1CCS(=O)(=O)CC1. The van der Waals surface area contributed by atoms with Crippen LogP contribution in [0.3, 0.4) is 0 Å². The molecule has 1 aliphatic rings. The van der Waals surface area contributed by atoms with Gasteiger partial charge in [0.05, 0.1) is 16.4 Å². The summed E-state index contributed by atoms with van der Waals surface area (Å²) < 4.78 is 23.0. The predicted molar refractivity (Wildman–Crippen MR) is 90.3 cm³/mol. The van der Waals surface area contributed by atoms with E-state index in [0.717, 1.165) is 0 Å². The van der Waals surface area contributed by atoms with Crippen LogP contribution in [0.15, 0.2) is 17.5 Å². The molecule has 6 nitrogen and oxygen atoms in total. The zero-order valence-corrected chi connectivity index (χ0v) is 15.0. The summed E-state index contributed by atoms with van der Waals surface area (Å²) in [5.41, 5.74) is 0. The first-order valence-electron chi connectivity index (χ1n) is 7.62. The van der Waals surface area contributed by atoms with Gasteiger partial charge in [-0.15, -0.1) is 11.3 Å². The number of nitrogens with one attached hydrogen (secondary N) is 1. The first-order valence-corrected chi connectivity index (χ1v) is 10.3. The fourth-order valence-electron chi connectivity index (χ4n) is 2.48. The third-order valence-corrected chi connectivity index (χ3v) is 6.19. The van der Waals surface area contributed by atoms with E-state index in [4.69, 9.17) is 0 Å². The molecule has 1 atom stereocenters. The summed E-state index contributed by atoms with van der Waals surface area (Å²) in [6, 6.07) is 2.88. The van der Waals surface area contributed by atoms with Gasteiger partial charge in [0.1, 0.15) is 6.04 Å². The van der Waals surface area contributed by atoms with Gasteiger partial charge in [0.15, 0.2) is 9.84 Å². The lowest BCUT2D eigenvalue weighted by atomic mass is 10.0. The van der Waals surface area contributed by atoms with Gasteiger partial charge < -0.3 is 10.2 Å². The molecule has 1 aromatic rings. The molecule has 1 N–H and O–H groups in total. The molecule has 2 heterocycles. The normalized spacial score (nSPS) is 18.7. The van der Waals surface area contributed by atoms with E-state index in [2.05, 4.69) is 5.32 Å². The van der Waals surface area contributed by atoms with E-state index in [1.54, 1.807) is 17.0 Å². The second-order valence-corrected chi connectivity index (χ2v) is 9.36. The number of sulfone groups is 1. The van der Waals surface area contributed by atoms with Crippen molar-refractivity contribution in [3.05, 3.63) is 22.4 Å². The average molecular weight is 358 g/mol. The van der Waals surface area contributed by atoms with Crippen molar-refractivity contribution in [2.75, 3.05) is 24.6 Å². The summed E-state index contributed by atoms with van der Waals surface area (Å²) in [6.07, 6.45) is 0.527. The van der Waals surface area contributed by atoms with Gasteiger partial charge in [-0.05, 0) is 23.8 Å². The Kier molecular flexibility index (Phi) is 5.80. The molecule has 0 aliphatic carbocycles. The predicted octanol–water partition coefficient (Wildman–Crippen LogP) is 1.15. The first-order chi connectivity index (χ1) is 10.8. The number of thiophene rings is 1. The van der Waals surface area contributed by atoms with Gasteiger partial charge in [-0.3, -0.25) is 9.59 Å². The Balaban J connectivity index is 2.05. The molecule has 1 unspecified atom stereocenters. The van der Waals surface area contributed by atoms with Crippen molar-refractivity contribution in [1.29, 1.82) is 0 Å². The molecule has 0 radical (unpaired) electrons. The van der Waals surface area contributed by atoms with Gasteiger partial charge in [-0.2, -0.15) is 0 Å². The number of hydrogen-bond acceptors (Lipinski definition) is 5. The number of hydrogen-bond donors (Lipinski definition) is 1. The Labute approximate surface area is 140 Å². The zero-order chi connectivity index (χ0) is 17.0. The Morgan fingerprint density at radius 2 is 1.96 bits per heavy atom. The summed E-state index contributed by atoms with van der Waals surface area (Å²) >= 11 is 1.32. The second kappa shape index (κ2) is 7.44. The van der Waals surface area contributed by atoms with Crippen LogP contribution in [0.25, 0.3) is 0 Å². The van der Waals surface area contributed by atoms with Crippen molar-refractivity contribution in [1.82, 2.24) is 10.2 Å². The summed E-state index contributed by atoms with van der Waals surface area (Å²) in [5.74, 6) is -0.235. The van der Waals surface area contributed by atoms with Crippen LogP contribution in [0, 0.1) is 5.92 Å². The van der Waals surface area contributed by atoms with E-state index >= 15 is 0 Å². The van der Waals surface area contributed by atoms with Crippen molar-refractivity contribution in [2.45, 2.75) is 26.3 Å². The topological polar surface area (TPSA) is 83.6 Å². The first kappa shape index (κ1) is 17.9. The van der Waals surface area contributed by atoms with E-state index in [9.17, 15) is 18.0 Å². The third-order valence-electron chi connectivity index (χ3n) is 3.71. The van der Waals surface area contributed by atoms with Crippen LogP contribution in [0.2, 0.25) is 0 Å². The van der Waals surface area contributed by atoms with Crippen LogP contribution in [0.5, 0.6) is 0 Å². The van der Waals surface area contributed by atoms with Crippen LogP contribution in [0.4, 0.5) is 0 Å². The summed E-state index contributed by atoms with van der Waals surface area (Å²) in [6.45, 7) is 4.37. The highest BCUT2D eigenvalue weighted by atomic mass is 32.2. The molecule has 1 aliphatic heterocycles. The van der Waals surface area contributed by atoms with Crippen LogP contribution >= 0.6 is 11.3 Å². The van der Waals surface area contributed by atoms with Gasteiger partial charge in [0, 0.05) is 13.1 Å². The molecule has 8 heteroatoms. The largest absolute Gasteiger partial charge is 0.340 e. The molecule has 1 fully saturated rings. The second-order valence-electron chi connectivity index (χ2n) is 6.11. The molecule has 23 heavy (non-hydrogen) atoms.